The fourth-order valence-electron chi connectivity index (χ4n) is 2.20. The van der Waals surface area contributed by atoms with Crippen LogP contribution in [0, 0.1) is 3.57 Å². The number of halogens is 2. The van der Waals surface area contributed by atoms with Gasteiger partial charge in [0.25, 0.3) is 5.91 Å². The SMILES string of the molecule is O=C(Nc1ccnn1Cc1cccc(Cl)c1)c1ccccc1I. The summed E-state index contributed by atoms with van der Waals surface area (Å²) >= 11 is 8.16. The average Bonchev–Trinajstić information content (AvgIpc) is 2.94. The minimum Gasteiger partial charge on any atom is -0.307 e. The number of rotatable bonds is 4. The molecule has 1 aromatic heterocycles. The van der Waals surface area contributed by atoms with Gasteiger partial charge in [0, 0.05) is 14.7 Å². The lowest BCUT2D eigenvalue weighted by Gasteiger charge is -2.10. The number of hydrogen-bond acceptors (Lipinski definition) is 2. The molecule has 1 N–H and O–H groups in total. The number of hydrogen-bond donors (Lipinski definition) is 1. The van der Waals surface area contributed by atoms with Gasteiger partial charge in [-0.2, -0.15) is 5.10 Å². The maximum Gasteiger partial charge on any atom is 0.257 e. The minimum absolute atomic E-state index is 0.150. The summed E-state index contributed by atoms with van der Waals surface area (Å²) in [5.41, 5.74) is 1.66. The van der Waals surface area contributed by atoms with Crippen LogP contribution in [0.5, 0.6) is 0 Å². The van der Waals surface area contributed by atoms with Gasteiger partial charge in [-0.25, -0.2) is 4.68 Å². The number of nitrogens with one attached hydrogen (secondary N) is 1. The van der Waals surface area contributed by atoms with Gasteiger partial charge in [0.05, 0.1) is 18.3 Å². The molecule has 0 atom stereocenters. The number of anilines is 1. The zero-order valence-corrected chi connectivity index (χ0v) is 15.0. The number of amides is 1. The monoisotopic (exact) mass is 437 g/mol. The molecule has 0 saturated heterocycles. The van der Waals surface area contributed by atoms with Gasteiger partial charge in [-0.15, -0.1) is 0 Å². The summed E-state index contributed by atoms with van der Waals surface area (Å²) in [4.78, 5) is 12.4. The highest BCUT2D eigenvalue weighted by Gasteiger charge is 2.12. The third-order valence-electron chi connectivity index (χ3n) is 3.30. The number of benzene rings is 2. The van der Waals surface area contributed by atoms with Crippen LogP contribution in [0.1, 0.15) is 15.9 Å². The first-order chi connectivity index (χ1) is 11.1. The quantitative estimate of drug-likeness (QED) is 0.613. The van der Waals surface area contributed by atoms with Crippen molar-refractivity contribution < 1.29 is 4.79 Å². The van der Waals surface area contributed by atoms with Crippen LogP contribution in [0.3, 0.4) is 0 Å². The van der Waals surface area contributed by atoms with Crippen molar-refractivity contribution in [2.45, 2.75) is 6.54 Å². The van der Waals surface area contributed by atoms with Gasteiger partial charge in [0.2, 0.25) is 0 Å². The number of aromatic nitrogens is 2. The van der Waals surface area contributed by atoms with E-state index in [4.69, 9.17) is 11.6 Å². The van der Waals surface area contributed by atoms with Gasteiger partial charge >= 0.3 is 0 Å². The Hall–Kier alpha value is -1.86. The lowest BCUT2D eigenvalue weighted by molar-refractivity contribution is 0.102. The molecule has 0 aliphatic rings. The Morgan fingerprint density at radius 1 is 1.17 bits per heavy atom. The second-order valence-electron chi connectivity index (χ2n) is 4.94. The first-order valence-electron chi connectivity index (χ1n) is 6.95. The predicted molar refractivity (Wildman–Crippen MR) is 99.9 cm³/mol. The van der Waals surface area contributed by atoms with Crippen molar-refractivity contribution in [3.05, 3.63) is 80.5 Å². The molecule has 0 spiro atoms. The van der Waals surface area contributed by atoms with Crippen molar-refractivity contribution in [1.82, 2.24) is 9.78 Å². The Morgan fingerprint density at radius 3 is 2.78 bits per heavy atom. The average molecular weight is 438 g/mol. The number of nitrogens with zero attached hydrogens (tertiary/aromatic N) is 2. The van der Waals surface area contributed by atoms with Crippen LogP contribution >= 0.6 is 34.2 Å². The van der Waals surface area contributed by atoms with Crippen molar-refractivity contribution in [2.75, 3.05) is 5.32 Å². The van der Waals surface area contributed by atoms with Crippen molar-refractivity contribution in [2.24, 2.45) is 0 Å². The zero-order chi connectivity index (χ0) is 16.2. The third kappa shape index (κ3) is 3.92. The van der Waals surface area contributed by atoms with E-state index in [9.17, 15) is 4.79 Å². The summed E-state index contributed by atoms with van der Waals surface area (Å²) < 4.78 is 2.64. The van der Waals surface area contributed by atoms with E-state index in [1.165, 1.54) is 0 Å². The number of carbonyl (C=O) groups is 1. The molecule has 0 radical (unpaired) electrons. The molecule has 0 saturated carbocycles. The molecule has 116 valence electrons. The second-order valence-corrected chi connectivity index (χ2v) is 6.54. The van der Waals surface area contributed by atoms with Gasteiger partial charge in [-0.1, -0.05) is 35.9 Å². The van der Waals surface area contributed by atoms with E-state index in [0.717, 1.165) is 9.13 Å². The first kappa shape index (κ1) is 16.0. The molecule has 23 heavy (non-hydrogen) atoms. The molecule has 1 heterocycles. The molecule has 1 amide bonds. The molecule has 0 bridgehead atoms. The van der Waals surface area contributed by atoms with E-state index < -0.39 is 0 Å². The van der Waals surface area contributed by atoms with Gasteiger partial charge in [0.15, 0.2) is 0 Å². The summed E-state index contributed by atoms with van der Waals surface area (Å²) in [7, 11) is 0. The van der Waals surface area contributed by atoms with E-state index in [-0.39, 0.29) is 5.91 Å². The molecule has 2 aromatic carbocycles. The normalized spacial score (nSPS) is 10.5. The zero-order valence-electron chi connectivity index (χ0n) is 12.0. The predicted octanol–water partition coefficient (Wildman–Crippen LogP) is 4.44. The first-order valence-corrected chi connectivity index (χ1v) is 8.41. The lowest BCUT2D eigenvalue weighted by Crippen LogP contribution is -2.17. The molecule has 4 nitrogen and oxygen atoms in total. The standard InChI is InChI=1S/C17H13ClIN3O/c18-13-5-3-4-12(10-13)11-22-16(8-9-20-22)21-17(23)14-6-1-2-7-15(14)19/h1-10H,11H2,(H,21,23). The highest BCUT2D eigenvalue weighted by atomic mass is 127. The lowest BCUT2D eigenvalue weighted by atomic mass is 10.2. The van der Waals surface area contributed by atoms with E-state index in [1.807, 2.05) is 42.5 Å². The van der Waals surface area contributed by atoms with Crippen LogP contribution in [-0.2, 0) is 6.54 Å². The van der Waals surface area contributed by atoms with Crippen LogP contribution < -0.4 is 5.32 Å². The van der Waals surface area contributed by atoms with Gasteiger partial charge in [-0.05, 0) is 52.4 Å². The van der Waals surface area contributed by atoms with E-state index in [2.05, 4.69) is 33.0 Å². The maximum atomic E-state index is 12.4. The van der Waals surface area contributed by atoms with Crippen LogP contribution in [0.4, 0.5) is 5.82 Å². The Morgan fingerprint density at radius 2 is 2.00 bits per heavy atom. The summed E-state index contributed by atoms with van der Waals surface area (Å²) in [6, 6.07) is 16.8. The molecule has 3 aromatic rings. The summed E-state index contributed by atoms with van der Waals surface area (Å²) in [6.45, 7) is 0.537. The van der Waals surface area contributed by atoms with Crippen LogP contribution in [0.15, 0.2) is 60.8 Å². The van der Waals surface area contributed by atoms with Crippen LogP contribution in [-0.4, -0.2) is 15.7 Å². The molecule has 0 unspecified atom stereocenters. The van der Waals surface area contributed by atoms with E-state index in [1.54, 1.807) is 23.0 Å². The molecular formula is C17H13ClIN3O. The van der Waals surface area contributed by atoms with Gasteiger partial charge in [0.1, 0.15) is 5.82 Å². The number of carbonyl (C=O) groups excluding carboxylic acids is 1. The van der Waals surface area contributed by atoms with Crippen molar-refractivity contribution in [1.29, 1.82) is 0 Å². The highest BCUT2D eigenvalue weighted by Crippen LogP contribution is 2.17. The van der Waals surface area contributed by atoms with Gasteiger partial charge < -0.3 is 5.32 Å². The molecule has 3 rings (SSSR count). The van der Waals surface area contributed by atoms with Crippen LogP contribution in [0.25, 0.3) is 0 Å². The highest BCUT2D eigenvalue weighted by molar-refractivity contribution is 14.1. The van der Waals surface area contributed by atoms with E-state index >= 15 is 0 Å². The van der Waals surface area contributed by atoms with Gasteiger partial charge in [-0.3, -0.25) is 4.79 Å². The largest absolute Gasteiger partial charge is 0.307 e. The second kappa shape index (κ2) is 7.14. The maximum absolute atomic E-state index is 12.4. The van der Waals surface area contributed by atoms with Crippen molar-refractivity contribution >= 4 is 45.9 Å². The Labute approximate surface area is 152 Å². The molecule has 6 heteroatoms. The summed E-state index contributed by atoms with van der Waals surface area (Å²) in [5, 5.41) is 7.85. The third-order valence-corrected chi connectivity index (χ3v) is 4.47. The Kier molecular flexibility index (Phi) is 4.97. The molecular weight excluding hydrogens is 425 g/mol. The topological polar surface area (TPSA) is 46.9 Å². The fourth-order valence-corrected chi connectivity index (χ4v) is 3.05. The molecule has 0 aliphatic carbocycles. The molecule has 0 aliphatic heterocycles. The van der Waals surface area contributed by atoms with Crippen molar-refractivity contribution in [3.8, 4) is 0 Å². The van der Waals surface area contributed by atoms with E-state index in [0.29, 0.717) is 22.9 Å². The molecule has 0 fully saturated rings. The fraction of sp³-hybridized carbons (Fsp3) is 0.0588. The van der Waals surface area contributed by atoms with Crippen LogP contribution in [0.2, 0.25) is 5.02 Å². The van der Waals surface area contributed by atoms with Crippen molar-refractivity contribution in [3.63, 3.8) is 0 Å². The smallest absolute Gasteiger partial charge is 0.257 e. The summed E-state index contributed by atoms with van der Waals surface area (Å²) in [5.74, 6) is 0.498. The minimum atomic E-state index is -0.150. The summed E-state index contributed by atoms with van der Waals surface area (Å²) in [6.07, 6.45) is 1.66. The Balaban J connectivity index is 1.79. The Bertz CT molecular complexity index is 847.